The van der Waals surface area contributed by atoms with Crippen LogP contribution >= 0.6 is 23.2 Å². The molecule has 0 aliphatic heterocycles. The quantitative estimate of drug-likeness (QED) is 0.111. The molecule has 1 heterocycles. The summed E-state index contributed by atoms with van der Waals surface area (Å²) >= 11 is 12.5. The van der Waals surface area contributed by atoms with E-state index < -0.39 is 17.8 Å². The third kappa shape index (κ3) is 7.40. The molecule has 4 aromatic rings. The fraction of sp³-hybridized carbons (Fsp3) is 0.417. The predicted octanol–water partition coefficient (Wildman–Crippen LogP) is 8.40. The Labute approximate surface area is 279 Å². The van der Waals surface area contributed by atoms with Crippen LogP contribution in [0.4, 0.5) is 10.1 Å². The largest absolute Gasteiger partial charge is 0.465 e. The normalized spacial score (nSPS) is 15.0. The maximum atomic E-state index is 15.7. The molecule has 3 atom stereocenters. The summed E-state index contributed by atoms with van der Waals surface area (Å²) in [5.41, 5.74) is 4.85. The maximum absolute atomic E-state index is 15.7. The van der Waals surface area contributed by atoms with E-state index in [1.807, 2.05) is 26.8 Å². The van der Waals surface area contributed by atoms with Crippen molar-refractivity contribution in [3.05, 3.63) is 92.5 Å². The third-order valence-corrected chi connectivity index (χ3v) is 9.60. The summed E-state index contributed by atoms with van der Waals surface area (Å²) in [5.74, 6) is -0.171. The minimum Gasteiger partial charge on any atom is -0.465 e. The van der Waals surface area contributed by atoms with Crippen LogP contribution in [0.5, 0.6) is 0 Å². The van der Waals surface area contributed by atoms with Crippen LogP contribution in [0.2, 0.25) is 10.0 Å². The van der Waals surface area contributed by atoms with Gasteiger partial charge in [0.2, 0.25) is 5.91 Å². The Morgan fingerprint density at radius 2 is 1.85 bits per heavy atom. The van der Waals surface area contributed by atoms with Gasteiger partial charge in [0, 0.05) is 23.2 Å². The van der Waals surface area contributed by atoms with E-state index >= 15 is 4.39 Å². The first-order valence-corrected chi connectivity index (χ1v) is 16.5. The number of carbonyl (C=O) groups is 2. The number of nitrogens with one attached hydrogen (secondary N) is 2. The highest BCUT2D eigenvalue weighted by Gasteiger charge is 2.38. The Kier molecular flexibility index (Phi) is 10.7. The number of benzene rings is 3. The number of halogens is 3. The summed E-state index contributed by atoms with van der Waals surface area (Å²) in [7, 11) is 1.38. The SMILES string of the molecule is COC(=O)c1c(C)cc2c(nc(C)n2CCCNC(C(=O)Nc2cccc(Cl)c2)C(c2cccc(Cl)c2F)C(C)CC2CC2)c1C. The Morgan fingerprint density at radius 3 is 2.54 bits per heavy atom. The molecule has 10 heteroatoms. The van der Waals surface area contributed by atoms with Crippen molar-refractivity contribution in [1.82, 2.24) is 14.9 Å². The molecule has 0 spiro atoms. The molecule has 0 radical (unpaired) electrons. The molecule has 2 N–H and O–H groups in total. The van der Waals surface area contributed by atoms with Crippen LogP contribution in [0.15, 0.2) is 48.5 Å². The lowest BCUT2D eigenvalue weighted by molar-refractivity contribution is -0.119. The second-order valence-electron chi connectivity index (χ2n) is 12.5. The molecule has 1 aliphatic carbocycles. The van der Waals surface area contributed by atoms with Gasteiger partial charge in [-0.05, 0) is 99.0 Å². The van der Waals surface area contributed by atoms with Crippen molar-refractivity contribution in [2.75, 3.05) is 19.0 Å². The van der Waals surface area contributed by atoms with Crippen LogP contribution in [0, 0.1) is 38.4 Å². The monoisotopic (exact) mass is 666 g/mol. The number of rotatable bonds is 13. The molecule has 46 heavy (non-hydrogen) atoms. The second kappa shape index (κ2) is 14.5. The van der Waals surface area contributed by atoms with Gasteiger partial charge in [-0.25, -0.2) is 14.2 Å². The number of carbonyl (C=O) groups excluding carboxylic acids is 2. The van der Waals surface area contributed by atoms with Crippen molar-refractivity contribution in [2.24, 2.45) is 11.8 Å². The van der Waals surface area contributed by atoms with Crippen molar-refractivity contribution in [3.8, 4) is 0 Å². The van der Waals surface area contributed by atoms with Gasteiger partial charge in [0.1, 0.15) is 11.6 Å². The van der Waals surface area contributed by atoms with E-state index in [1.165, 1.54) is 13.2 Å². The molecule has 1 saturated carbocycles. The molecule has 1 aliphatic rings. The number of aryl methyl sites for hydroxylation is 4. The van der Waals surface area contributed by atoms with Gasteiger partial charge in [-0.3, -0.25) is 4.79 Å². The average molecular weight is 668 g/mol. The summed E-state index contributed by atoms with van der Waals surface area (Å²) in [6.45, 7) is 8.94. The number of aromatic nitrogens is 2. The zero-order valence-electron chi connectivity index (χ0n) is 26.9. The Balaban J connectivity index is 1.42. The molecular weight excluding hydrogens is 626 g/mol. The fourth-order valence-electron chi connectivity index (χ4n) is 6.68. The topological polar surface area (TPSA) is 85.2 Å². The molecule has 244 valence electrons. The molecule has 5 rings (SSSR count). The maximum Gasteiger partial charge on any atom is 0.338 e. The highest BCUT2D eigenvalue weighted by atomic mass is 35.5. The standard InChI is InChI=1S/C36H41Cl2FN4O3/c1-20(17-24-13-14-24)31(27-11-7-12-28(38)32(27)39)34(35(44)42-26-10-6-9-25(37)19-26)40-15-8-16-43-23(4)41-33-22(3)30(36(45)46-5)21(2)18-29(33)43/h6-7,9-12,18-20,24,31,34,40H,8,13-17H2,1-5H3,(H,42,44). The van der Waals surface area contributed by atoms with E-state index in [4.69, 9.17) is 32.9 Å². The Hall–Kier alpha value is -3.46. The van der Waals surface area contributed by atoms with Crippen LogP contribution in [-0.2, 0) is 16.1 Å². The minimum absolute atomic E-state index is 0.0119. The number of methoxy groups -OCH3 is 1. The van der Waals surface area contributed by atoms with E-state index in [-0.39, 0.29) is 22.8 Å². The van der Waals surface area contributed by atoms with E-state index in [1.54, 1.807) is 36.4 Å². The molecule has 1 amide bonds. The van der Waals surface area contributed by atoms with Crippen LogP contribution in [0.1, 0.15) is 71.4 Å². The lowest BCUT2D eigenvalue weighted by Crippen LogP contribution is -2.47. The van der Waals surface area contributed by atoms with Gasteiger partial charge in [-0.15, -0.1) is 0 Å². The molecule has 0 bridgehead atoms. The highest BCUT2D eigenvalue weighted by Crippen LogP contribution is 2.42. The Bertz CT molecular complexity index is 1750. The molecule has 7 nitrogen and oxygen atoms in total. The van der Waals surface area contributed by atoms with Gasteiger partial charge in [0.25, 0.3) is 0 Å². The predicted molar refractivity (Wildman–Crippen MR) is 182 cm³/mol. The van der Waals surface area contributed by atoms with Crippen LogP contribution in [0.25, 0.3) is 11.0 Å². The molecule has 1 aromatic heterocycles. The number of hydrogen-bond acceptors (Lipinski definition) is 5. The fourth-order valence-corrected chi connectivity index (χ4v) is 7.05. The van der Waals surface area contributed by atoms with Gasteiger partial charge < -0.3 is 19.9 Å². The molecule has 1 fully saturated rings. The van der Waals surface area contributed by atoms with E-state index in [0.717, 1.165) is 47.2 Å². The van der Waals surface area contributed by atoms with Crippen molar-refractivity contribution in [1.29, 1.82) is 0 Å². The highest BCUT2D eigenvalue weighted by molar-refractivity contribution is 6.31. The Morgan fingerprint density at radius 1 is 1.11 bits per heavy atom. The van der Waals surface area contributed by atoms with Crippen LogP contribution in [-0.4, -0.2) is 41.1 Å². The number of fused-ring (bicyclic) bond motifs is 1. The first kappa shape index (κ1) is 33.9. The summed E-state index contributed by atoms with van der Waals surface area (Å²) in [4.78, 5) is 31.3. The average Bonchev–Trinajstić information content (AvgIpc) is 3.77. The summed E-state index contributed by atoms with van der Waals surface area (Å²) in [6.07, 6.45) is 3.87. The number of hydrogen-bond donors (Lipinski definition) is 2. The molecular formula is C36H41Cl2FN4O3. The van der Waals surface area contributed by atoms with E-state index in [9.17, 15) is 9.59 Å². The molecule has 0 saturated heterocycles. The zero-order chi connectivity index (χ0) is 33.1. The number of esters is 1. The summed E-state index contributed by atoms with van der Waals surface area (Å²) in [5, 5.41) is 7.07. The summed E-state index contributed by atoms with van der Waals surface area (Å²) in [6, 6.07) is 13.3. The van der Waals surface area contributed by atoms with Gasteiger partial charge in [-0.2, -0.15) is 0 Å². The minimum atomic E-state index is -0.742. The van der Waals surface area contributed by atoms with Crippen molar-refractivity contribution < 1.29 is 18.7 Å². The van der Waals surface area contributed by atoms with Gasteiger partial charge in [0.15, 0.2) is 0 Å². The lowest BCUT2D eigenvalue weighted by atomic mass is 9.78. The van der Waals surface area contributed by atoms with Crippen molar-refractivity contribution in [3.63, 3.8) is 0 Å². The van der Waals surface area contributed by atoms with Gasteiger partial charge in [-0.1, -0.05) is 61.2 Å². The number of imidazole rings is 1. The first-order valence-electron chi connectivity index (χ1n) is 15.8. The second-order valence-corrected chi connectivity index (χ2v) is 13.3. The smallest absolute Gasteiger partial charge is 0.338 e. The van der Waals surface area contributed by atoms with Gasteiger partial charge >= 0.3 is 5.97 Å². The van der Waals surface area contributed by atoms with E-state index in [2.05, 4.69) is 22.1 Å². The zero-order valence-corrected chi connectivity index (χ0v) is 28.4. The van der Waals surface area contributed by atoms with Crippen molar-refractivity contribution >= 4 is 51.8 Å². The number of ether oxygens (including phenoxy) is 1. The van der Waals surface area contributed by atoms with Gasteiger partial charge in [0.05, 0.1) is 34.8 Å². The first-order chi connectivity index (χ1) is 22.0. The summed E-state index contributed by atoms with van der Waals surface area (Å²) < 4.78 is 22.8. The lowest BCUT2D eigenvalue weighted by Gasteiger charge is -2.33. The number of amides is 1. The van der Waals surface area contributed by atoms with Crippen molar-refractivity contribution in [2.45, 2.75) is 71.9 Å². The van der Waals surface area contributed by atoms with Crippen LogP contribution in [0.3, 0.4) is 0 Å². The van der Waals surface area contributed by atoms with E-state index in [0.29, 0.717) is 47.3 Å². The van der Waals surface area contributed by atoms with Crippen LogP contribution < -0.4 is 10.6 Å². The third-order valence-electron chi connectivity index (χ3n) is 9.08. The molecule has 3 unspecified atom stereocenters. The number of nitrogens with zero attached hydrogens (tertiary/aromatic N) is 2. The molecule has 3 aromatic carbocycles. The number of anilines is 1.